The van der Waals surface area contributed by atoms with Crippen LogP contribution >= 0.6 is 27.7 Å². The smallest absolute Gasteiger partial charge is 0.257 e. The highest BCUT2D eigenvalue weighted by Gasteiger charge is 2.42. The second-order valence-electron chi connectivity index (χ2n) is 9.28. The Morgan fingerprint density at radius 3 is 2.57 bits per heavy atom. The van der Waals surface area contributed by atoms with Crippen LogP contribution < -0.4 is 10.9 Å². The molecule has 1 atom stereocenters. The van der Waals surface area contributed by atoms with Crippen LogP contribution in [0.15, 0.2) is 50.0 Å². The van der Waals surface area contributed by atoms with Crippen molar-refractivity contribution in [2.24, 2.45) is 11.3 Å². The molecule has 0 unspecified atom stereocenters. The maximum absolute atomic E-state index is 13.2. The number of nitrogens with zero attached hydrogens (tertiary/aromatic N) is 1. The first kappa shape index (κ1) is 21.4. The van der Waals surface area contributed by atoms with Crippen LogP contribution in [0.1, 0.15) is 57.6 Å². The van der Waals surface area contributed by atoms with Gasteiger partial charge in [-0.25, -0.2) is 4.98 Å². The van der Waals surface area contributed by atoms with E-state index in [-0.39, 0.29) is 16.8 Å². The van der Waals surface area contributed by atoms with Gasteiger partial charge in [-0.05, 0) is 35.4 Å². The molecule has 0 saturated heterocycles. The number of benzene rings is 1. The van der Waals surface area contributed by atoms with Gasteiger partial charge in [0.25, 0.3) is 5.56 Å². The van der Waals surface area contributed by atoms with Crippen molar-refractivity contribution in [1.29, 1.82) is 0 Å². The molecule has 1 aromatic heterocycles. The highest BCUT2D eigenvalue weighted by Crippen LogP contribution is 2.47. The minimum absolute atomic E-state index is 0.102. The van der Waals surface area contributed by atoms with E-state index in [0.717, 1.165) is 27.9 Å². The van der Waals surface area contributed by atoms with E-state index in [1.165, 1.54) is 0 Å². The summed E-state index contributed by atoms with van der Waals surface area (Å²) in [5.41, 5.74) is 2.75. The average Bonchev–Trinajstić information content (AvgIpc) is 2.64. The van der Waals surface area contributed by atoms with Crippen molar-refractivity contribution in [3.05, 3.63) is 61.5 Å². The molecular weight excluding hydrogens is 462 g/mol. The second-order valence-corrected chi connectivity index (χ2v) is 11.2. The number of ketones is 1. The highest BCUT2D eigenvalue weighted by molar-refractivity contribution is 9.10. The summed E-state index contributed by atoms with van der Waals surface area (Å²) < 4.78 is 0.957. The van der Waals surface area contributed by atoms with Crippen molar-refractivity contribution in [2.45, 2.75) is 51.6 Å². The van der Waals surface area contributed by atoms with Crippen LogP contribution in [0.3, 0.4) is 0 Å². The number of carbonyl (C=O) groups excluding carboxylic acids is 1. The molecule has 30 heavy (non-hydrogen) atoms. The summed E-state index contributed by atoms with van der Waals surface area (Å²) in [7, 11) is 0. The van der Waals surface area contributed by atoms with Crippen LogP contribution in [0, 0.1) is 11.3 Å². The van der Waals surface area contributed by atoms with Crippen LogP contribution in [0.5, 0.6) is 0 Å². The standard InChI is InChI=1S/C23H26BrN3O2S/c1-12(2)11-30-22-26-20-19(21(29)27-22)17(13-5-7-14(24)8-6-13)18-15(25-20)9-23(3,4)10-16(18)28/h5-8,12,17H,9-11H2,1-4H3,(H2,25,26,27,29)/t17-/m0/s1. The molecule has 0 radical (unpaired) electrons. The molecule has 0 fully saturated rings. The van der Waals surface area contributed by atoms with Gasteiger partial charge in [-0.2, -0.15) is 0 Å². The molecule has 0 bridgehead atoms. The fourth-order valence-corrected chi connectivity index (χ4v) is 5.27. The van der Waals surface area contributed by atoms with Crippen molar-refractivity contribution in [3.63, 3.8) is 0 Å². The third kappa shape index (κ3) is 4.14. The first-order valence-electron chi connectivity index (χ1n) is 10.2. The number of Topliss-reactive ketones (excluding diaryl/α,β-unsaturated/α-hetero) is 1. The van der Waals surface area contributed by atoms with Gasteiger partial charge >= 0.3 is 0 Å². The van der Waals surface area contributed by atoms with Gasteiger partial charge in [0, 0.05) is 33.8 Å². The van der Waals surface area contributed by atoms with E-state index in [9.17, 15) is 9.59 Å². The summed E-state index contributed by atoms with van der Waals surface area (Å²) in [5, 5.41) is 3.98. The van der Waals surface area contributed by atoms with E-state index < -0.39 is 5.92 Å². The van der Waals surface area contributed by atoms with Gasteiger partial charge in [-0.15, -0.1) is 0 Å². The van der Waals surface area contributed by atoms with Crippen molar-refractivity contribution in [3.8, 4) is 0 Å². The van der Waals surface area contributed by atoms with Gasteiger partial charge in [-0.3, -0.25) is 9.59 Å². The Bertz CT molecular complexity index is 1090. The summed E-state index contributed by atoms with van der Waals surface area (Å²) in [6.07, 6.45) is 1.23. The quantitative estimate of drug-likeness (QED) is 0.440. The van der Waals surface area contributed by atoms with Crippen LogP contribution in [0.2, 0.25) is 0 Å². The lowest BCUT2D eigenvalue weighted by atomic mass is 9.69. The van der Waals surface area contributed by atoms with E-state index in [1.807, 2.05) is 24.3 Å². The molecule has 2 N–H and O–H groups in total. The SMILES string of the molecule is CC(C)CSc1nc2c(c(=O)[nH]1)[C@@H](c1ccc(Br)cc1)C1=C(CC(C)(C)CC1=O)N2. The molecule has 2 aromatic rings. The number of anilines is 1. The molecule has 158 valence electrons. The van der Waals surface area contributed by atoms with Gasteiger partial charge in [0.15, 0.2) is 10.9 Å². The number of allylic oxidation sites excluding steroid dienone is 2. The van der Waals surface area contributed by atoms with Gasteiger partial charge in [0.1, 0.15) is 5.82 Å². The van der Waals surface area contributed by atoms with E-state index in [0.29, 0.717) is 34.4 Å². The lowest BCUT2D eigenvalue weighted by molar-refractivity contribution is -0.118. The molecule has 2 aliphatic rings. The zero-order valence-corrected chi connectivity index (χ0v) is 20.0. The average molecular weight is 488 g/mol. The Morgan fingerprint density at radius 1 is 1.20 bits per heavy atom. The van der Waals surface area contributed by atoms with E-state index >= 15 is 0 Å². The predicted molar refractivity (Wildman–Crippen MR) is 125 cm³/mol. The maximum Gasteiger partial charge on any atom is 0.257 e. The lowest BCUT2D eigenvalue weighted by Crippen LogP contribution is -2.37. The summed E-state index contributed by atoms with van der Waals surface area (Å²) >= 11 is 5.02. The largest absolute Gasteiger partial charge is 0.343 e. The Morgan fingerprint density at radius 2 is 1.90 bits per heavy atom. The number of hydrogen-bond acceptors (Lipinski definition) is 5. The second kappa shape index (κ2) is 8.00. The minimum atomic E-state index is -0.409. The normalized spacial score (nSPS) is 20.1. The zero-order chi connectivity index (χ0) is 21.6. The molecular formula is C23H26BrN3O2S. The topological polar surface area (TPSA) is 74.8 Å². The number of aromatic amines is 1. The summed E-state index contributed by atoms with van der Waals surface area (Å²) in [4.78, 5) is 34.1. The fourth-order valence-electron chi connectivity index (χ4n) is 4.20. The van der Waals surface area contributed by atoms with Gasteiger partial charge in [0.05, 0.1) is 5.56 Å². The first-order chi connectivity index (χ1) is 14.1. The Labute approximate surface area is 189 Å². The van der Waals surface area contributed by atoms with Crippen molar-refractivity contribution in [1.82, 2.24) is 9.97 Å². The number of fused-ring (bicyclic) bond motifs is 1. The molecule has 1 aromatic carbocycles. The number of hydrogen-bond donors (Lipinski definition) is 2. The molecule has 1 aliphatic heterocycles. The third-order valence-electron chi connectivity index (χ3n) is 5.46. The van der Waals surface area contributed by atoms with Crippen molar-refractivity contribution >= 4 is 39.3 Å². The zero-order valence-electron chi connectivity index (χ0n) is 17.6. The number of rotatable bonds is 4. The van der Waals surface area contributed by atoms with Gasteiger partial charge in [0.2, 0.25) is 0 Å². The van der Waals surface area contributed by atoms with E-state index in [2.05, 4.69) is 53.9 Å². The number of nitrogens with one attached hydrogen (secondary N) is 2. The van der Waals surface area contributed by atoms with Gasteiger partial charge < -0.3 is 10.3 Å². The number of halogens is 1. The van der Waals surface area contributed by atoms with Crippen molar-refractivity contribution in [2.75, 3.05) is 11.1 Å². The number of carbonyl (C=O) groups is 1. The Kier molecular flexibility index (Phi) is 5.70. The maximum atomic E-state index is 13.2. The van der Waals surface area contributed by atoms with Crippen LogP contribution in [0.25, 0.3) is 0 Å². The number of aromatic nitrogens is 2. The molecule has 1 aliphatic carbocycles. The Hall–Kier alpha value is -1.86. The molecule has 0 saturated carbocycles. The summed E-state index contributed by atoms with van der Waals surface area (Å²) in [6, 6.07) is 7.84. The van der Waals surface area contributed by atoms with E-state index in [1.54, 1.807) is 11.8 Å². The lowest BCUT2D eigenvalue weighted by Gasteiger charge is -2.38. The summed E-state index contributed by atoms with van der Waals surface area (Å²) in [6.45, 7) is 8.49. The predicted octanol–water partition coefficient (Wildman–Crippen LogP) is 5.48. The van der Waals surface area contributed by atoms with Crippen molar-refractivity contribution < 1.29 is 4.79 Å². The van der Waals surface area contributed by atoms with Crippen LogP contribution in [-0.4, -0.2) is 21.5 Å². The third-order valence-corrected chi connectivity index (χ3v) is 7.29. The van der Waals surface area contributed by atoms with Crippen LogP contribution in [0.4, 0.5) is 5.82 Å². The number of thioether (sulfide) groups is 1. The van der Waals surface area contributed by atoms with E-state index in [4.69, 9.17) is 4.98 Å². The molecule has 4 rings (SSSR count). The molecule has 5 nitrogen and oxygen atoms in total. The van der Waals surface area contributed by atoms with Crippen LogP contribution in [-0.2, 0) is 4.79 Å². The monoisotopic (exact) mass is 487 g/mol. The molecule has 0 spiro atoms. The minimum Gasteiger partial charge on any atom is -0.343 e. The molecule has 0 amide bonds. The van der Waals surface area contributed by atoms with Gasteiger partial charge in [-0.1, -0.05) is 67.5 Å². The fraction of sp³-hybridized carbons (Fsp3) is 0.435. The first-order valence-corrected chi connectivity index (χ1v) is 12.0. The summed E-state index contributed by atoms with van der Waals surface area (Å²) in [5.74, 6) is 1.63. The molecule has 7 heteroatoms. The number of H-pyrrole nitrogens is 1. The molecule has 2 heterocycles. The Balaban J connectivity index is 1.88. The highest BCUT2D eigenvalue weighted by atomic mass is 79.9.